The number of carbonyl (C=O) groups excluding carboxylic acids is 2. The number of H-pyrrole nitrogens is 1. The molecule has 1 aliphatic rings. The number of halogens is 2. The maximum atomic E-state index is 13.5. The molecule has 3 aromatic rings. The molecule has 1 heterocycles. The van der Waals surface area contributed by atoms with E-state index in [4.69, 9.17) is 23.2 Å². The molecule has 2 aromatic carbocycles. The van der Waals surface area contributed by atoms with Crippen LogP contribution in [0.3, 0.4) is 0 Å². The quantitative estimate of drug-likeness (QED) is 0.422. The van der Waals surface area contributed by atoms with Crippen LogP contribution in [-0.4, -0.2) is 45.7 Å². The Balaban J connectivity index is 1.53. The van der Waals surface area contributed by atoms with Crippen LogP contribution in [0, 0.1) is 5.92 Å². The van der Waals surface area contributed by atoms with Crippen molar-refractivity contribution < 1.29 is 9.59 Å². The summed E-state index contributed by atoms with van der Waals surface area (Å²) in [6.45, 7) is 4.94. The number of aromatic amines is 1. The highest BCUT2D eigenvalue weighted by Crippen LogP contribution is 2.31. The average Bonchev–Trinajstić information content (AvgIpc) is 3.57. The van der Waals surface area contributed by atoms with Crippen LogP contribution >= 0.6 is 23.2 Å². The van der Waals surface area contributed by atoms with Crippen molar-refractivity contribution in [2.75, 3.05) is 13.1 Å². The molecule has 5 nitrogen and oxygen atoms in total. The fraction of sp³-hybridized carbons (Fsp3) is 0.385. The van der Waals surface area contributed by atoms with Gasteiger partial charge in [-0.3, -0.25) is 9.59 Å². The smallest absolute Gasteiger partial charge is 0.242 e. The monoisotopic (exact) mass is 485 g/mol. The van der Waals surface area contributed by atoms with E-state index in [2.05, 4.69) is 11.1 Å². The molecular formula is C26H29Cl2N3O2. The van der Waals surface area contributed by atoms with E-state index in [1.165, 1.54) is 0 Å². The maximum Gasteiger partial charge on any atom is 0.242 e. The van der Waals surface area contributed by atoms with Crippen LogP contribution in [0.15, 0.2) is 48.7 Å². The van der Waals surface area contributed by atoms with Crippen molar-refractivity contribution in [1.82, 2.24) is 14.8 Å². The zero-order chi connectivity index (χ0) is 23.5. The Bertz CT molecular complexity index is 1150. The lowest BCUT2D eigenvalue weighted by atomic mass is 10.1. The molecule has 33 heavy (non-hydrogen) atoms. The molecule has 0 atom stereocenters. The molecule has 2 amide bonds. The molecule has 0 aliphatic heterocycles. The number of amides is 2. The predicted molar refractivity (Wildman–Crippen MR) is 133 cm³/mol. The van der Waals surface area contributed by atoms with Crippen LogP contribution in [0.5, 0.6) is 0 Å². The van der Waals surface area contributed by atoms with Gasteiger partial charge in [-0.25, -0.2) is 0 Å². The second-order valence-electron chi connectivity index (χ2n) is 9.01. The molecular weight excluding hydrogens is 457 g/mol. The number of carbonyl (C=O) groups is 2. The highest BCUT2D eigenvalue weighted by atomic mass is 35.5. The third-order valence-electron chi connectivity index (χ3n) is 6.17. The van der Waals surface area contributed by atoms with Crippen LogP contribution < -0.4 is 0 Å². The molecule has 7 heteroatoms. The van der Waals surface area contributed by atoms with E-state index in [1.54, 1.807) is 17.0 Å². The van der Waals surface area contributed by atoms with Crippen LogP contribution in [0.4, 0.5) is 0 Å². The summed E-state index contributed by atoms with van der Waals surface area (Å²) in [4.78, 5) is 33.0. The van der Waals surface area contributed by atoms with Crippen molar-refractivity contribution in [2.45, 2.75) is 45.7 Å². The molecule has 0 unspecified atom stereocenters. The fourth-order valence-electron chi connectivity index (χ4n) is 4.07. The van der Waals surface area contributed by atoms with Crippen LogP contribution in [0.25, 0.3) is 10.9 Å². The van der Waals surface area contributed by atoms with Crippen molar-refractivity contribution in [3.8, 4) is 0 Å². The minimum absolute atomic E-state index is 0.0255. The van der Waals surface area contributed by atoms with Gasteiger partial charge < -0.3 is 14.8 Å². The second kappa shape index (κ2) is 10.2. The number of nitrogens with one attached hydrogen (secondary N) is 1. The van der Waals surface area contributed by atoms with Crippen molar-refractivity contribution in [2.24, 2.45) is 5.92 Å². The van der Waals surface area contributed by atoms with E-state index >= 15 is 0 Å². The van der Waals surface area contributed by atoms with E-state index in [9.17, 15) is 9.59 Å². The lowest BCUT2D eigenvalue weighted by molar-refractivity contribution is -0.143. The van der Waals surface area contributed by atoms with Gasteiger partial charge in [0.05, 0.1) is 16.6 Å². The number of fused-ring (bicyclic) bond motifs is 1. The Morgan fingerprint density at radius 3 is 2.55 bits per heavy atom. The summed E-state index contributed by atoms with van der Waals surface area (Å²) < 4.78 is 0. The Morgan fingerprint density at radius 2 is 1.85 bits per heavy atom. The number of hydrogen-bond acceptors (Lipinski definition) is 2. The highest BCUT2D eigenvalue weighted by molar-refractivity contribution is 6.42. The fourth-order valence-corrected chi connectivity index (χ4v) is 4.39. The zero-order valence-electron chi connectivity index (χ0n) is 19.0. The summed E-state index contributed by atoms with van der Waals surface area (Å²) in [5.41, 5.74) is 3.14. The normalized spacial score (nSPS) is 13.5. The Kier molecular flexibility index (Phi) is 7.30. The number of rotatable bonds is 9. The largest absolute Gasteiger partial charge is 0.361 e. The number of hydrogen-bond donors (Lipinski definition) is 1. The summed E-state index contributed by atoms with van der Waals surface area (Å²) >= 11 is 12.3. The topological polar surface area (TPSA) is 56.4 Å². The van der Waals surface area contributed by atoms with Gasteiger partial charge >= 0.3 is 0 Å². The van der Waals surface area contributed by atoms with Gasteiger partial charge in [0.15, 0.2) is 0 Å². The van der Waals surface area contributed by atoms with E-state index in [0.29, 0.717) is 29.6 Å². The van der Waals surface area contributed by atoms with Crippen LogP contribution in [-0.2, 0) is 22.6 Å². The van der Waals surface area contributed by atoms with Gasteiger partial charge in [0, 0.05) is 42.1 Å². The van der Waals surface area contributed by atoms with E-state index in [1.807, 2.05) is 49.2 Å². The molecule has 0 spiro atoms. The molecule has 0 saturated heterocycles. The standard InChI is InChI=1S/C26H29Cl2N3O2/c1-17(2)31(26(33)19-8-9-19)16-25(32)30(15-18-7-10-22(27)23(28)13-18)12-11-20-14-29-24-6-4-3-5-21(20)24/h3-7,10,13-14,17,19,29H,8-9,11-12,15-16H2,1-2H3. The van der Waals surface area contributed by atoms with E-state index < -0.39 is 0 Å². The first-order valence-corrected chi connectivity index (χ1v) is 12.2. The van der Waals surface area contributed by atoms with Crippen LogP contribution in [0.1, 0.15) is 37.8 Å². The third-order valence-corrected chi connectivity index (χ3v) is 6.91. The highest BCUT2D eigenvalue weighted by Gasteiger charge is 2.35. The lowest BCUT2D eigenvalue weighted by Gasteiger charge is -2.30. The number of benzene rings is 2. The molecule has 4 rings (SSSR count). The minimum Gasteiger partial charge on any atom is -0.361 e. The second-order valence-corrected chi connectivity index (χ2v) is 9.82. The van der Waals surface area contributed by atoms with Crippen LogP contribution in [0.2, 0.25) is 10.0 Å². The molecule has 0 bridgehead atoms. The summed E-state index contributed by atoms with van der Waals surface area (Å²) in [5, 5.41) is 2.11. The summed E-state index contributed by atoms with van der Waals surface area (Å²) in [6, 6.07) is 13.5. The first-order chi connectivity index (χ1) is 15.8. The number of aromatic nitrogens is 1. The predicted octanol–water partition coefficient (Wildman–Crippen LogP) is 5.69. The minimum atomic E-state index is -0.0661. The van der Waals surface area contributed by atoms with Crippen molar-refractivity contribution in [3.05, 3.63) is 69.8 Å². The molecule has 1 aromatic heterocycles. The van der Waals surface area contributed by atoms with E-state index in [0.717, 1.165) is 34.9 Å². The van der Waals surface area contributed by atoms with Gasteiger partial charge in [0.1, 0.15) is 0 Å². The summed E-state index contributed by atoms with van der Waals surface area (Å²) in [5.74, 6) is 0.100. The molecule has 1 aliphatic carbocycles. The van der Waals surface area contributed by atoms with Gasteiger partial charge in [-0.15, -0.1) is 0 Å². The van der Waals surface area contributed by atoms with Gasteiger partial charge in [0.2, 0.25) is 11.8 Å². The summed E-state index contributed by atoms with van der Waals surface area (Å²) in [7, 11) is 0. The Morgan fingerprint density at radius 1 is 1.09 bits per heavy atom. The van der Waals surface area contributed by atoms with Gasteiger partial charge in [-0.2, -0.15) is 0 Å². The van der Waals surface area contributed by atoms with Gasteiger partial charge in [-0.05, 0) is 62.4 Å². The molecule has 0 radical (unpaired) electrons. The Hall–Kier alpha value is -2.50. The zero-order valence-corrected chi connectivity index (χ0v) is 20.5. The third kappa shape index (κ3) is 5.71. The summed E-state index contributed by atoms with van der Waals surface area (Å²) in [6.07, 6.45) is 4.55. The SMILES string of the molecule is CC(C)N(CC(=O)N(CCc1c[nH]c2ccccc12)Cc1ccc(Cl)c(Cl)c1)C(=O)C1CC1. The molecule has 1 N–H and O–H groups in total. The van der Waals surface area contributed by atoms with Gasteiger partial charge in [0.25, 0.3) is 0 Å². The molecule has 1 fully saturated rings. The number of nitrogens with zero attached hydrogens (tertiary/aromatic N) is 2. The van der Waals surface area contributed by atoms with Gasteiger partial charge in [-0.1, -0.05) is 47.5 Å². The van der Waals surface area contributed by atoms with Crippen molar-refractivity contribution in [1.29, 1.82) is 0 Å². The van der Waals surface area contributed by atoms with Crippen molar-refractivity contribution >= 4 is 45.9 Å². The first kappa shape index (κ1) is 23.7. The number of para-hydroxylation sites is 1. The van der Waals surface area contributed by atoms with Crippen molar-refractivity contribution in [3.63, 3.8) is 0 Å². The molecule has 174 valence electrons. The average molecular weight is 486 g/mol. The van der Waals surface area contributed by atoms with E-state index in [-0.39, 0.29) is 30.3 Å². The lowest BCUT2D eigenvalue weighted by Crippen LogP contribution is -2.46. The molecule has 1 saturated carbocycles. The maximum absolute atomic E-state index is 13.5. The first-order valence-electron chi connectivity index (χ1n) is 11.4. The Labute approximate surface area is 204 Å².